The monoisotopic (exact) mass is 684 g/mol. The molecule has 2 aliphatic rings. The first-order valence-corrected chi connectivity index (χ1v) is 16.6. The van der Waals surface area contributed by atoms with Crippen molar-refractivity contribution in [3.63, 3.8) is 0 Å². The van der Waals surface area contributed by atoms with Crippen molar-refractivity contribution in [1.29, 1.82) is 0 Å². The highest BCUT2D eigenvalue weighted by molar-refractivity contribution is 7.92. The van der Waals surface area contributed by atoms with Crippen LogP contribution in [0, 0.1) is 5.92 Å². The van der Waals surface area contributed by atoms with Gasteiger partial charge in [0.2, 0.25) is 15.9 Å². The number of rotatable bonds is 15. The molecule has 4 rings (SSSR count). The second-order valence-corrected chi connectivity index (χ2v) is 13.1. The number of halogens is 4. The maximum absolute atomic E-state index is 13.4. The van der Waals surface area contributed by atoms with Gasteiger partial charge in [-0.05, 0) is 72.7 Å². The summed E-state index contributed by atoms with van der Waals surface area (Å²) in [6.07, 6.45) is 4.83. The molecule has 45 heavy (non-hydrogen) atoms. The molecule has 1 aliphatic carbocycles. The molecule has 0 bridgehead atoms. The molecule has 1 heterocycles. The number of hydrogen-bond acceptors (Lipinski definition) is 7. The fourth-order valence-corrected chi connectivity index (χ4v) is 5.66. The third-order valence-corrected chi connectivity index (χ3v) is 8.44. The van der Waals surface area contributed by atoms with Crippen LogP contribution < -0.4 is 19.1 Å². The molecule has 0 unspecified atom stereocenters. The standard InChI is InChI=1S/C31H32Cl2F2N2O7S/c1-4-23(32)22(24(33)5-2)15-27(19-8-11-26(44-31(34)35)28(13-19)42-17-18-6-7-18)43-30(39)16-37-25-10-9-21(36-45(3,40)41)12-20(25)14-29(37)38/h4-5,8-13,18,27,31,36H,1,6-7,14-17H2,2-3H3/b23-22+,24-5+/t27-/m0/s1. The van der Waals surface area contributed by atoms with Gasteiger partial charge >= 0.3 is 12.6 Å². The molecule has 9 nitrogen and oxygen atoms in total. The van der Waals surface area contributed by atoms with Crippen LogP contribution in [0.1, 0.15) is 43.4 Å². The van der Waals surface area contributed by atoms with Crippen LogP contribution in [-0.2, 0) is 30.8 Å². The Morgan fingerprint density at radius 1 is 1.18 bits per heavy atom. The number of nitrogens with zero attached hydrogens (tertiary/aromatic N) is 1. The van der Waals surface area contributed by atoms with Crippen LogP contribution >= 0.6 is 23.2 Å². The lowest BCUT2D eigenvalue weighted by Gasteiger charge is -2.24. The number of anilines is 2. The van der Waals surface area contributed by atoms with Crippen molar-refractivity contribution in [1.82, 2.24) is 0 Å². The highest BCUT2D eigenvalue weighted by Crippen LogP contribution is 2.39. The van der Waals surface area contributed by atoms with Crippen molar-refractivity contribution in [2.45, 2.75) is 45.3 Å². The van der Waals surface area contributed by atoms with E-state index in [4.69, 9.17) is 32.7 Å². The van der Waals surface area contributed by atoms with Gasteiger partial charge in [0.15, 0.2) is 11.5 Å². The van der Waals surface area contributed by atoms with Crippen LogP contribution in [0.25, 0.3) is 0 Å². The SMILES string of the molecule is C=C/C(Cl)=C(C[C@H](OC(=O)CN1C(=O)Cc2cc(NS(C)(=O)=O)ccc21)c1ccc(OC(F)F)c(OCC2CC2)c1)\C(Cl)=C/C. The lowest BCUT2D eigenvalue weighted by atomic mass is 9.99. The predicted molar refractivity (Wildman–Crippen MR) is 168 cm³/mol. The van der Waals surface area contributed by atoms with E-state index in [0.717, 1.165) is 19.1 Å². The van der Waals surface area contributed by atoms with Crippen molar-refractivity contribution >= 4 is 56.5 Å². The fraction of sp³-hybridized carbons (Fsp3) is 0.355. The lowest BCUT2D eigenvalue weighted by Crippen LogP contribution is -2.34. The van der Waals surface area contributed by atoms with E-state index in [1.54, 1.807) is 19.1 Å². The van der Waals surface area contributed by atoms with Crippen LogP contribution in [-0.4, -0.2) is 46.3 Å². The number of carbonyl (C=O) groups excluding carboxylic acids is 2. The maximum Gasteiger partial charge on any atom is 0.387 e. The smallest absolute Gasteiger partial charge is 0.387 e. The number of alkyl halides is 2. The van der Waals surface area contributed by atoms with Crippen molar-refractivity contribution < 1.29 is 41.0 Å². The van der Waals surface area contributed by atoms with Gasteiger partial charge in [0, 0.05) is 27.9 Å². The number of allylic oxidation sites excluding steroid dienone is 4. The van der Waals surface area contributed by atoms with Gasteiger partial charge in [0.05, 0.1) is 19.3 Å². The first-order valence-electron chi connectivity index (χ1n) is 13.9. The molecular formula is C31H32Cl2F2N2O7S. The van der Waals surface area contributed by atoms with E-state index in [2.05, 4.69) is 16.0 Å². The Labute approximate surface area is 270 Å². The minimum Gasteiger partial charge on any atom is -0.489 e. The molecule has 242 valence electrons. The van der Waals surface area contributed by atoms with Gasteiger partial charge in [0.25, 0.3) is 0 Å². The van der Waals surface area contributed by atoms with Gasteiger partial charge in [0.1, 0.15) is 12.6 Å². The zero-order chi connectivity index (χ0) is 32.9. The second kappa shape index (κ2) is 14.7. The molecule has 0 saturated heterocycles. The number of esters is 1. The van der Waals surface area contributed by atoms with E-state index in [1.165, 1.54) is 41.3 Å². The topological polar surface area (TPSA) is 111 Å². The molecule has 1 fully saturated rings. The first kappa shape index (κ1) is 34.3. The van der Waals surface area contributed by atoms with Crippen molar-refractivity contribution in [2.24, 2.45) is 5.92 Å². The molecule has 1 amide bonds. The highest BCUT2D eigenvalue weighted by atomic mass is 35.5. The molecule has 1 N–H and O–H groups in total. The summed E-state index contributed by atoms with van der Waals surface area (Å²) in [6.45, 7) is 2.16. The van der Waals surface area contributed by atoms with E-state index < -0.39 is 35.3 Å². The Hall–Kier alpha value is -3.61. The molecule has 1 aliphatic heterocycles. The minimum atomic E-state index is -3.53. The largest absolute Gasteiger partial charge is 0.489 e. The Morgan fingerprint density at radius 3 is 2.53 bits per heavy atom. The lowest BCUT2D eigenvalue weighted by molar-refractivity contribution is -0.148. The van der Waals surface area contributed by atoms with E-state index in [-0.39, 0.29) is 46.0 Å². The number of nitrogens with one attached hydrogen (secondary N) is 1. The molecule has 1 saturated carbocycles. The van der Waals surface area contributed by atoms with Crippen LogP contribution in [0.4, 0.5) is 20.2 Å². The Morgan fingerprint density at radius 2 is 1.91 bits per heavy atom. The fourth-order valence-electron chi connectivity index (χ4n) is 4.70. The average Bonchev–Trinajstić information content (AvgIpc) is 3.75. The normalized spacial score (nSPS) is 16.2. The van der Waals surface area contributed by atoms with Gasteiger partial charge in [-0.2, -0.15) is 8.78 Å². The molecule has 14 heteroatoms. The van der Waals surface area contributed by atoms with Crippen molar-refractivity contribution in [2.75, 3.05) is 29.0 Å². The zero-order valence-corrected chi connectivity index (χ0v) is 26.9. The third-order valence-electron chi connectivity index (χ3n) is 7.00. The summed E-state index contributed by atoms with van der Waals surface area (Å²) >= 11 is 12.9. The number of fused-ring (bicyclic) bond motifs is 1. The summed E-state index contributed by atoms with van der Waals surface area (Å²) in [5.41, 5.74) is 2.05. The summed E-state index contributed by atoms with van der Waals surface area (Å²) in [5.74, 6) is -0.962. The Bertz CT molecular complexity index is 1640. The van der Waals surface area contributed by atoms with Gasteiger partial charge in [-0.15, -0.1) is 0 Å². The summed E-state index contributed by atoms with van der Waals surface area (Å²) in [6, 6.07) is 8.80. The van der Waals surface area contributed by atoms with Gasteiger partial charge < -0.3 is 19.1 Å². The quantitative estimate of drug-likeness (QED) is 0.162. The maximum atomic E-state index is 13.4. The molecular weight excluding hydrogens is 653 g/mol. The Balaban J connectivity index is 1.63. The summed E-state index contributed by atoms with van der Waals surface area (Å²) in [7, 11) is -3.53. The summed E-state index contributed by atoms with van der Waals surface area (Å²) in [5, 5.41) is 0.495. The molecule has 2 aromatic rings. The van der Waals surface area contributed by atoms with Gasteiger partial charge in [-0.1, -0.05) is 48.0 Å². The first-order chi connectivity index (χ1) is 21.3. The number of sulfonamides is 1. The number of ether oxygens (including phenoxy) is 3. The number of amides is 1. The number of hydrogen-bond donors (Lipinski definition) is 1. The van der Waals surface area contributed by atoms with Crippen molar-refractivity contribution in [3.8, 4) is 11.5 Å². The van der Waals surface area contributed by atoms with E-state index in [1.807, 2.05) is 0 Å². The molecule has 0 spiro atoms. The number of benzene rings is 2. The van der Waals surface area contributed by atoms with Crippen molar-refractivity contribution in [3.05, 3.63) is 81.9 Å². The number of carbonyl (C=O) groups is 2. The zero-order valence-electron chi connectivity index (χ0n) is 24.5. The van der Waals surface area contributed by atoms with Gasteiger partial charge in [-0.25, -0.2) is 8.42 Å². The van der Waals surface area contributed by atoms with Crippen LogP contribution in [0.3, 0.4) is 0 Å². The Kier molecular flexibility index (Phi) is 11.2. The minimum absolute atomic E-state index is 0.0259. The molecule has 2 aromatic carbocycles. The van der Waals surface area contributed by atoms with Crippen LogP contribution in [0.2, 0.25) is 0 Å². The summed E-state index contributed by atoms with van der Waals surface area (Å²) < 4.78 is 68.2. The molecule has 1 atom stereocenters. The predicted octanol–water partition coefficient (Wildman–Crippen LogP) is 6.83. The van der Waals surface area contributed by atoms with Gasteiger partial charge in [-0.3, -0.25) is 14.3 Å². The summed E-state index contributed by atoms with van der Waals surface area (Å²) in [4.78, 5) is 27.5. The molecule has 0 radical (unpaired) electrons. The van der Waals surface area contributed by atoms with Crippen LogP contribution in [0.15, 0.2) is 70.8 Å². The second-order valence-electron chi connectivity index (χ2n) is 10.6. The van der Waals surface area contributed by atoms with E-state index in [0.29, 0.717) is 34.9 Å². The average molecular weight is 686 g/mol. The van der Waals surface area contributed by atoms with E-state index >= 15 is 0 Å². The van der Waals surface area contributed by atoms with Crippen LogP contribution in [0.5, 0.6) is 11.5 Å². The van der Waals surface area contributed by atoms with E-state index in [9.17, 15) is 26.8 Å². The third kappa shape index (κ3) is 9.44. The molecule has 0 aromatic heterocycles. The highest BCUT2D eigenvalue weighted by Gasteiger charge is 2.32.